The van der Waals surface area contributed by atoms with Gasteiger partial charge in [0.05, 0.1) is 0 Å². The normalized spacial score (nSPS) is 41.6. The fourth-order valence-corrected chi connectivity index (χ4v) is 4.60. The van der Waals surface area contributed by atoms with Crippen molar-refractivity contribution in [2.45, 2.75) is 76.6 Å². The van der Waals surface area contributed by atoms with Gasteiger partial charge in [-0.15, -0.1) is 0 Å². The molecule has 2 fully saturated rings. The van der Waals surface area contributed by atoms with Crippen LogP contribution < -0.4 is 5.32 Å². The first-order valence-corrected chi connectivity index (χ1v) is 8.58. The molecule has 0 aliphatic heterocycles. The number of thioether (sulfide) groups is 1. The topological polar surface area (TPSA) is 12.0 Å². The summed E-state index contributed by atoms with van der Waals surface area (Å²) in [6.45, 7) is 7.30. The van der Waals surface area contributed by atoms with Gasteiger partial charge in [-0.2, -0.15) is 11.8 Å². The third kappa shape index (κ3) is 3.64. The van der Waals surface area contributed by atoms with E-state index in [1.807, 2.05) is 0 Å². The molecule has 2 aliphatic carbocycles. The summed E-state index contributed by atoms with van der Waals surface area (Å²) in [6, 6.07) is 1.59. The number of hydrogen-bond donors (Lipinski definition) is 1. The molecule has 1 nitrogen and oxygen atoms in total. The lowest BCUT2D eigenvalue weighted by molar-refractivity contribution is 0.141. The highest BCUT2D eigenvalue weighted by Gasteiger charge is 2.34. The highest BCUT2D eigenvalue weighted by molar-refractivity contribution is 7.99. The standard InChI is InChI=1S/C15H29NS/c1-11-10-15(2,3)8-7-14(11)16-12-5-6-13(9-12)17-4/h11-14,16H,5-10H2,1-4H3. The van der Waals surface area contributed by atoms with E-state index in [-0.39, 0.29) is 0 Å². The first-order chi connectivity index (χ1) is 8.00. The minimum absolute atomic E-state index is 0.578. The maximum Gasteiger partial charge on any atom is 0.00956 e. The van der Waals surface area contributed by atoms with Crippen molar-refractivity contribution in [1.82, 2.24) is 5.32 Å². The first-order valence-electron chi connectivity index (χ1n) is 7.29. The molecule has 0 aromatic rings. The van der Waals surface area contributed by atoms with Crippen LogP contribution in [0.25, 0.3) is 0 Å². The minimum atomic E-state index is 0.578. The number of nitrogens with one attached hydrogen (secondary N) is 1. The molecule has 2 rings (SSSR count). The summed E-state index contributed by atoms with van der Waals surface area (Å²) >= 11 is 2.06. The molecule has 17 heavy (non-hydrogen) atoms. The van der Waals surface area contributed by atoms with Gasteiger partial charge < -0.3 is 5.32 Å². The van der Waals surface area contributed by atoms with Crippen molar-refractivity contribution in [3.8, 4) is 0 Å². The van der Waals surface area contributed by atoms with Crippen molar-refractivity contribution in [3.63, 3.8) is 0 Å². The molecular formula is C15H29NS. The van der Waals surface area contributed by atoms with Gasteiger partial charge in [-0.3, -0.25) is 0 Å². The van der Waals surface area contributed by atoms with Gasteiger partial charge in [0.1, 0.15) is 0 Å². The fraction of sp³-hybridized carbons (Fsp3) is 1.00. The van der Waals surface area contributed by atoms with Crippen LogP contribution in [0.4, 0.5) is 0 Å². The summed E-state index contributed by atoms with van der Waals surface area (Å²) in [5, 5.41) is 4.88. The fourth-order valence-electron chi connectivity index (χ4n) is 3.80. The molecule has 100 valence electrons. The molecule has 0 aromatic carbocycles. The van der Waals surface area contributed by atoms with Gasteiger partial charge in [0.25, 0.3) is 0 Å². The van der Waals surface area contributed by atoms with Gasteiger partial charge in [-0.25, -0.2) is 0 Å². The Morgan fingerprint density at radius 1 is 1.18 bits per heavy atom. The van der Waals surface area contributed by atoms with Crippen molar-refractivity contribution >= 4 is 11.8 Å². The highest BCUT2D eigenvalue weighted by atomic mass is 32.2. The van der Waals surface area contributed by atoms with Crippen LogP contribution in [0.15, 0.2) is 0 Å². The van der Waals surface area contributed by atoms with E-state index >= 15 is 0 Å². The predicted molar refractivity (Wildman–Crippen MR) is 78.7 cm³/mol. The van der Waals surface area contributed by atoms with Crippen LogP contribution in [0.3, 0.4) is 0 Å². The first kappa shape index (κ1) is 13.7. The smallest absolute Gasteiger partial charge is 0.00956 e. The van der Waals surface area contributed by atoms with E-state index in [4.69, 9.17) is 0 Å². The summed E-state index contributed by atoms with van der Waals surface area (Å²) < 4.78 is 0. The largest absolute Gasteiger partial charge is 0.311 e. The maximum absolute atomic E-state index is 3.96. The van der Waals surface area contributed by atoms with Crippen LogP contribution >= 0.6 is 11.8 Å². The van der Waals surface area contributed by atoms with Crippen LogP contribution in [0.1, 0.15) is 59.3 Å². The van der Waals surface area contributed by atoms with Crippen LogP contribution in [0, 0.1) is 11.3 Å². The summed E-state index contributed by atoms with van der Waals surface area (Å²) in [5.41, 5.74) is 0.578. The molecule has 0 heterocycles. The van der Waals surface area contributed by atoms with Gasteiger partial charge in [0.2, 0.25) is 0 Å². The SMILES string of the molecule is CSC1CCC(NC2CCC(C)(C)CC2C)C1. The summed E-state index contributed by atoms with van der Waals surface area (Å²) in [7, 11) is 0. The van der Waals surface area contributed by atoms with Gasteiger partial charge in [-0.1, -0.05) is 20.8 Å². The van der Waals surface area contributed by atoms with Crippen molar-refractivity contribution < 1.29 is 0 Å². The van der Waals surface area contributed by atoms with E-state index in [2.05, 4.69) is 44.1 Å². The number of hydrogen-bond acceptors (Lipinski definition) is 2. The Morgan fingerprint density at radius 3 is 2.53 bits per heavy atom. The Morgan fingerprint density at radius 2 is 1.94 bits per heavy atom. The van der Waals surface area contributed by atoms with Gasteiger partial charge in [0, 0.05) is 17.3 Å². The molecule has 0 saturated heterocycles. The van der Waals surface area contributed by atoms with Crippen molar-refractivity contribution in [2.75, 3.05) is 6.26 Å². The zero-order chi connectivity index (χ0) is 12.5. The molecule has 0 radical (unpaired) electrons. The minimum Gasteiger partial charge on any atom is -0.311 e. The highest BCUT2D eigenvalue weighted by Crippen LogP contribution is 2.39. The number of rotatable bonds is 3. The van der Waals surface area contributed by atoms with Crippen LogP contribution in [-0.2, 0) is 0 Å². The average molecular weight is 255 g/mol. The Bertz CT molecular complexity index is 251. The Kier molecular flexibility index (Phi) is 4.46. The second-order valence-electron chi connectivity index (χ2n) is 7.03. The molecule has 2 heteroatoms. The third-order valence-corrected chi connectivity index (χ3v) is 5.96. The second-order valence-corrected chi connectivity index (χ2v) is 8.16. The van der Waals surface area contributed by atoms with Gasteiger partial charge >= 0.3 is 0 Å². The molecule has 2 saturated carbocycles. The van der Waals surface area contributed by atoms with Gasteiger partial charge in [-0.05, 0) is 56.1 Å². The Balaban J connectivity index is 1.80. The summed E-state index contributed by atoms with van der Waals surface area (Å²) in [5.74, 6) is 0.854. The van der Waals surface area contributed by atoms with Crippen LogP contribution in [0.2, 0.25) is 0 Å². The van der Waals surface area contributed by atoms with E-state index in [0.717, 1.165) is 23.3 Å². The van der Waals surface area contributed by atoms with Crippen molar-refractivity contribution in [2.24, 2.45) is 11.3 Å². The molecule has 0 amide bonds. The average Bonchev–Trinajstić information content (AvgIpc) is 2.69. The van der Waals surface area contributed by atoms with Gasteiger partial charge in [0.15, 0.2) is 0 Å². The van der Waals surface area contributed by atoms with Crippen LogP contribution in [0.5, 0.6) is 0 Å². The lowest BCUT2D eigenvalue weighted by Crippen LogP contribution is -2.45. The van der Waals surface area contributed by atoms with Crippen molar-refractivity contribution in [3.05, 3.63) is 0 Å². The molecule has 0 bridgehead atoms. The lowest BCUT2D eigenvalue weighted by Gasteiger charge is -2.40. The molecule has 4 unspecified atom stereocenters. The third-order valence-electron chi connectivity index (χ3n) is 4.86. The van der Waals surface area contributed by atoms with Crippen molar-refractivity contribution in [1.29, 1.82) is 0 Å². The second kappa shape index (κ2) is 5.52. The summed E-state index contributed by atoms with van der Waals surface area (Å²) in [4.78, 5) is 0. The van der Waals surface area contributed by atoms with Crippen LogP contribution in [-0.4, -0.2) is 23.6 Å². The van der Waals surface area contributed by atoms with E-state index in [0.29, 0.717) is 5.41 Å². The van der Waals surface area contributed by atoms with E-state index in [1.54, 1.807) is 0 Å². The zero-order valence-corrected chi connectivity index (χ0v) is 12.8. The summed E-state index contributed by atoms with van der Waals surface area (Å²) in [6.07, 6.45) is 10.7. The molecule has 0 spiro atoms. The zero-order valence-electron chi connectivity index (χ0n) is 12.0. The Labute approximate surface area is 112 Å². The maximum atomic E-state index is 3.96. The van der Waals surface area contributed by atoms with E-state index in [9.17, 15) is 0 Å². The quantitative estimate of drug-likeness (QED) is 0.815. The lowest BCUT2D eigenvalue weighted by atomic mass is 9.70. The molecule has 4 atom stereocenters. The predicted octanol–water partition coefficient (Wildman–Crippen LogP) is 4.07. The van der Waals surface area contributed by atoms with E-state index in [1.165, 1.54) is 38.5 Å². The molecular weight excluding hydrogens is 226 g/mol. The molecule has 1 N–H and O–H groups in total. The molecule has 0 aromatic heterocycles. The molecule has 2 aliphatic rings. The monoisotopic (exact) mass is 255 g/mol. The van der Waals surface area contributed by atoms with E-state index < -0.39 is 0 Å². The Hall–Kier alpha value is 0.310.